The highest BCUT2D eigenvalue weighted by molar-refractivity contribution is 6.00. The summed E-state index contributed by atoms with van der Waals surface area (Å²) in [6.07, 6.45) is 3.54. The molecule has 1 aliphatic heterocycles. The third-order valence-electron chi connectivity index (χ3n) is 4.02. The summed E-state index contributed by atoms with van der Waals surface area (Å²) >= 11 is 0. The molecule has 0 bridgehead atoms. The molecule has 4 N–H and O–H groups in total. The zero-order valence-corrected chi connectivity index (χ0v) is 12.7. The van der Waals surface area contributed by atoms with Crippen LogP contribution in [0, 0.1) is 11.3 Å². The summed E-state index contributed by atoms with van der Waals surface area (Å²) in [7, 11) is 1.27. The van der Waals surface area contributed by atoms with Crippen LogP contribution in [-0.4, -0.2) is 30.9 Å². The second-order valence-corrected chi connectivity index (χ2v) is 5.68. The monoisotopic (exact) mass is 314 g/mol. The van der Waals surface area contributed by atoms with E-state index in [0.29, 0.717) is 11.3 Å². The Morgan fingerprint density at radius 1 is 1.43 bits per heavy atom. The molecule has 23 heavy (non-hydrogen) atoms. The molecule has 7 nitrogen and oxygen atoms in total. The first-order valence-electron chi connectivity index (χ1n) is 7.35. The lowest BCUT2D eigenvalue weighted by atomic mass is 10.1. The summed E-state index contributed by atoms with van der Waals surface area (Å²) in [6.45, 7) is 0. The summed E-state index contributed by atoms with van der Waals surface area (Å²) in [6, 6.07) is 6.69. The number of amides is 1. The number of amidine groups is 1. The molecule has 1 fully saturated rings. The van der Waals surface area contributed by atoms with Gasteiger partial charge in [0, 0.05) is 17.5 Å². The van der Waals surface area contributed by atoms with Crippen molar-refractivity contribution in [3.8, 4) is 0 Å². The molecule has 120 valence electrons. The normalized spacial score (nSPS) is 20.6. The van der Waals surface area contributed by atoms with Crippen molar-refractivity contribution in [2.45, 2.75) is 18.9 Å². The topological polar surface area (TPSA) is 109 Å². The number of rotatable bonds is 4. The van der Waals surface area contributed by atoms with E-state index < -0.39 is 5.97 Å². The van der Waals surface area contributed by atoms with E-state index >= 15 is 0 Å². The van der Waals surface area contributed by atoms with Crippen molar-refractivity contribution in [1.82, 2.24) is 5.32 Å². The van der Waals surface area contributed by atoms with E-state index in [1.807, 2.05) is 6.07 Å². The summed E-state index contributed by atoms with van der Waals surface area (Å²) in [5.41, 5.74) is 6.92. The second kappa shape index (κ2) is 5.75. The fraction of sp³-hybridized carbons (Fsp3) is 0.312. The van der Waals surface area contributed by atoms with Gasteiger partial charge in [0.15, 0.2) is 0 Å². The maximum atomic E-state index is 12.4. The summed E-state index contributed by atoms with van der Waals surface area (Å²) in [5.74, 6) is -0.608. The Morgan fingerprint density at radius 2 is 2.17 bits per heavy atom. The van der Waals surface area contributed by atoms with Gasteiger partial charge in [-0.05, 0) is 30.9 Å². The smallest absolute Gasteiger partial charge is 0.356 e. The van der Waals surface area contributed by atoms with E-state index in [1.165, 1.54) is 7.11 Å². The van der Waals surface area contributed by atoms with Crippen LogP contribution in [0.2, 0.25) is 0 Å². The van der Waals surface area contributed by atoms with Crippen LogP contribution in [0.4, 0.5) is 5.69 Å². The molecule has 1 aromatic rings. The number of esters is 1. The molecule has 0 saturated heterocycles. The zero-order chi connectivity index (χ0) is 16.6. The molecule has 0 aromatic heterocycles. The van der Waals surface area contributed by atoms with Crippen LogP contribution in [0.25, 0.3) is 0 Å². The number of nitrogens with zero attached hydrogens (tertiary/aromatic N) is 1. The average Bonchev–Trinajstić information content (AvgIpc) is 3.38. The molecule has 1 unspecified atom stereocenters. The van der Waals surface area contributed by atoms with Gasteiger partial charge in [-0.1, -0.05) is 12.1 Å². The lowest BCUT2D eigenvalue weighted by Gasteiger charge is -2.34. The van der Waals surface area contributed by atoms with Crippen LogP contribution in [0.15, 0.2) is 36.2 Å². The molecule has 1 aliphatic carbocycles. The van der Waals surface area contributed by atoms with Gasteiger partial charge in [-0.2, -0.15) is 0 Å². The number of ether oxygens (including phenoxy) is 1. The minimum atomic E-state index is -0.597. The van der Waals surface area contributed by atoms with Crippen molar-refractivity contribution in [2.24, 2.45) is 11.7 Å². The first kappa shape index (κ1) is 15.1. The second-order valence-electron chi connectivity index (χ2n) is 5.68. The molecular formula is C16H18N4O3. The largest absolute Gasteiger partial charge is 0.464 e. The highest BCUT2D eigenvalue weighted by Crippen LogP contribution is 2.39. The van der Waals surface area contributed by atoms with Gasteiger partial charge in [0.05, 0.1) is 7.11 Å². The first-order chi connectivity index (χ1) is 11.0. The summed E-state index contributed by atoms with van der Waals surface area (Å²) < 4.78 is 4.69. The summed E-state index contributed by atoms with van der Waals surface area (Å²) in [5, 5.41) is 10.2. The maximum absolute atomic E-state index is 12.4. The first-order valence-corrected chi connectivity index (χ1v) is 7.35. The van der Waals surface area contributed by atoms with Gasteiger partial charge in [0.25, 0.3) is 0 Å². The van der Waals surface area contributed by atoms with Crippen molar-refractivity contribution in [2.75, 3.05) is 12.0 Å². The van der Waals surface area contributed by atoms with Gasteiger partial charge in [-0.3, -0.25) is 10.2 Å². The quantitative estimate of drug-likeness (QED) is 0.431. The van der Waals surface area contributed by atoms with Gasteiger partial charge < -0.3 is 20.7 Å². The van der Waals surface area contributed by atoms with Crippen molar-refractivity contribution < 1.29 is 14.3 Å². The number of hydrogen-bond donors (Lipinski definition) is 3. The van der Waals surface area contributed by atoms with Crippen LogP contribution < -0.4 is 16.0 Å². The minimum Gasteiger partial charge on any atom is -0.464 e. The van der Waals surface area contributed by atoms with Gasteiger partial charge in [0.1, 0.15) is 17.6 Å². The van der Waals surface area contributed by atoms with Gasteiger partial charge in [-0.15, -0.1) is 0 Å². The van der Waals surface area contributed by atoms with E-state index in [0.717, 1.165) is 12.8 Å². The Bertz CT molecular complexity index is 709. The van der Waals surface area contributed by atoms with Crippen LogP contribution in [0.5, 0.6) is 0 Å². The van der Waals surface area contributed by atoms with E-state index in [1.54, 1.807) is 29.3 Å². The number of anilines is 1. The number of carbonyl (C=O) groups excluding carboxylic acids is 2. The van der Waals surface area contributed by atoms with Crippen molar-refractivity contribution in [3.63, 3.8) is 0 Å². The third kappa shape index (κ3) is 2.90. The molecule has 2 aliphatic rings. The molecule has 1 amide bonds. The van der Waals surface area contributed by atoms with Crippen molar-refractivity contribution in [1.29, 1.82) is 5.41 Å². The fourth-order valence-electron chi connectivity index (χ4n) is 2.72. The fourth-order valence-corrected chi connectivity index (χ4v) is 2.72. The van der Waals surface area contributed by atoms with Crippen molar-refractivity contribution in [3.05, 3.63) is 41.7 Å². The Hall–Kier alpha value is -2.83. The number of nitrogen functional groups attached to an aromatic ring is 1. The standard InChI is InChI=1S/C16H18N4O3/c1-23-16(22)12-8-20(13(9-5-6-9)15(21)19-12)11-4-2-3-10(7-11)14(17)18/h2-4,7-9,13H,5-6H2,1H3,(H3,17,18)(H,19,21). The molecule has 1 heterocycles. The lowest BCUT2D eigenvalue weighted by molar-refractivity contribution is -0.138. The highest BCUT2D eigenvalue weighted by Gasteiger charge is 2.43. The molecule has 0 spiro atoms. The Morgan fingerprint density at radius 3 is 2.78 bits per heavy atom. The van der Waals surface area contributed by atoms with Gasteiger partial charge in [0.2, 0.25) is 5.91 Å². The minimum absolute atomic E-state index is 0.0477. The predicted molar refractivity (Wildman–Crippen MR) is 84.7 cm³/mol. The Labute approximate surface area is 133 Å². The third-order valence-corrected chi connectivity index (χ3v) is 4.02. The maximum Gasteiger partial charge on any atom is 0.356 e. The van der Waals surface area contributed by atoms with E-state index in [2.05, 4.69) is 5.32 Å². The van der Waals surface area contributed by atoms with E-state index in [4.69, 9.17) is 15.9 Å². The zero-order valence-electron chi connectivity index (χ0n) is 12.7. The van der Waals surface area contributed by atoms with Gasteiger partial charge in [-0.25, -0.2) is 4.79 Å². The average molecular weight is 314 g/mol. The molecule has 3 rings (SSSR count). The van der Waals surface area contributed by atoms with Crippen LogP contribution in [0.3, 0.4) is 0 Å². The molecule has 1 aromatic carbocycles. The number of carbonyl (C=O) groups is 2. The molecule has 1 atom stereocenters. The van der Waals surface area contributed by atoms with Gasteiger partial charge >= 0.3 is 5.97 Å². The Balaban J connectivity index is 2.03. The number of nitrogens with one attached hydrogen (secondary N) is 2. The molecule has 1 saturated carbocycles. The van der Waals surface area contributed by atoms with Crippen LogP contribution in [0.1, 0.15) is 18.4 Å². The molecular weight excluding hydrogens is 296 g/mol. The van der Waals surface area contributed by atoms with Crippen LogP contribution >= 0.6 is 0 Å². The van der Waals surface area contributed by atoms with E-state index in [-0.39, 0.29) is 29.4 Å². The summed E-state index contributed by atoms with van der Waals surface area (Å²) in [4.78, 5) is 26.0. The Kier molecular flexibility index (Phi) is 3.77. The van der Waals surface area contributed by atoms with Crippen LogP contribution in [-0.2, 0) is 14.3 Å². The SMILES string of the molecule is COC(=O)C1=CN(c2cccc(C(=N)N)c2)C(C2CC2)C(=O)N1. The number of methoxy groups -OCH3 is 1. The van der Waals surface area contributed by atoms with Crippen molar-refractivity contribution >= 4 is 23.4 Å². The number of benzene rings is 1. The predicted octanol–water partition coefficient (Wildman–Crippen LogP) is 0.700. The lowest BCUT2D eigenvalue weighted by Crippen LogP contribution is -2.51. The molecule has 0 radical (unpaired) electrons. The van der Waals surface area contributed by atoms with E-state index in [9.17, 15) is 9.59 Å². The number of hydrogen-bond acceptors (Lipinski definition) is 5. The highest BCUT2D eigenvalue weighted by atomic mass is 16.5. The number of nitrogens with two attached hydrogens (primary N) is 1. The molecule has 7 heteroatoms.